The molecule has 2 saturated carbocycles. The molecular weight excluding hydrogens is 494 g/mol. The third-order valence-electron chi connectivity index (χ3n) is 10.2. The average molecular weight is 540 g/mol. The Labute approximate surface area is 232 Å². The van der Waals surface area contributed by atoms with Crippen molar-refractivity contribution in [2.45, 2.75) is 126 Å². The van der Waals surface area contributed by atoms with Gasteiger partial charge in [0.1, 0.15) is 0 Å². The highest BCUT2D eigenvalue weighted by molar-refractivity contribution is 5.90. The second-order valence-corrected chi connectivity index (χ2v) is 12.7. The molecule has 2 bridgehead atoms. The number of ketones is 1. The number of carbonyl (C=O) groups is 2. The number of benzene rings is 1. The predicted octanol–water partition coefficient (Wildman–Crippen LogP) is 5.87. The fourth-order valence-corrected chi connectivity index (χ4v) is 8.02. The van der Waals surface area contributed by atoms with Crippen molar-refractivity contribution in [1.29, 1.82) is 0 Å². The molecule has 0 radical (unpaired) electrons. The number of likely N-dealkylation sites (tertiary alicyclic amines) is 1. The number of Topliss-reactive ketones (excluding diaryl/α,β-unsaturated/α-hetero) is 1. The standard InChI is InChI=1S/C32H45NO6/c1-2-3-4-5-6-7-8-9-10-19-37-30(35)38-25-14-13-23-20-26-32(36)16-15-24(34)29-31(32,27(23)28(25)39-29)17-18-33(26)21-22-11-12-22/h13-14,22,26,29,36H,2-12,15-21H2,1H3/t26?,29-,31-,32+/m0/s1. The van der Waals surface area contributed by atoms with Crippen molar-refractivity contribution in [2.24, 2.45) is 5.92 Å². The molecule has 1 N–H and O–H groups in total. The Hall–Kier alpha value is -2.12. The van der Waals surface area contributed by atoms with Crippen LogP contribution < -0.4 is 9.47 Å². The van der Waals surface area contributed by atoms with Crippen LogP contribution in [0.5, 0.6) is 11.5 Å². The van der Waals surface area contributed by atoms with Gasteiger partial charge in [-0.05, 0) is 62.6 Å². The van der Waals surface area contributed by atoms with Gasteiger partial charge >= 0.3 is 6.16 Å². The maximum Gasteiger partial charge on any atom is 0.513 e. The molecule has 0 aromatic heterocycles. The smallest absolute Gasteiger partial charge is 0.477 e. The fourth-order valence-electron chi connectivity index (χ4n) is 8.02. The van der Waals surface area contributed by atoms with Crippen LogP contribution in [0.3, 0.4) is 0 Å². The zero-order valence-electron chi connectivity index (χ0n) is 23.6. The topological polar surface area (TPSA) is 85.3 Å². The molecule has 4 atom stereocenters. The first-order valence-corrected chi connectivity index (χ1v) is 15.6. The Bertz CT molecular complexity index is 1080. The Morgan fingerprint density at radius 1 is 1.08 bits per heavy atom. The summed E-state index contributed by atoms with van der Waals surface area (Å²) >= 11 is 0. The molecule has 214 valence electrons. The molecule has 7 heteroatoms. The first-order chi connectivity index (χ1) is 19.0. The second-order valence-electron chi connectivity index (χ2n) is 12.7. The summed E-state index contributed by atoms with van der Waals surface area (Å²) in [5.41, 5.74) is 0.212. The van der Waals surface area contributed by atoms with E-state index in [1.54, 1.807) is 6.07 Å². The summed E-state index contributed by atoms with van der Waals surface area (Å²) in [5.74, 6) is 1.53. The van der Waals surface area contributed by atoms with Gasteiger partial charge in [-0.25, -0.2) is 4.79 Å². The van der Waals surface area contributed by atoms with Gasteiger partial charge in [0.25, 0.3) is 0 Å². The maximum absolute atomic E-state index is 13.2. The fraction of sp³-hybridized carbons (Fsp3) is 0.750. The molecule has 7 nitrogen and oxygen atoms in total. The molecule has 1 saturated heterocycles. The van der Waals surface area contributed by atoms with E-state index in [1.165, 1.54) is 51.4 Å². The SMILES string of the molecule is CCCCCCCCCCCOC(=O)Oc1ccc2c3c1O[C@H]1C(=O)CC[C@@]4(O)C(C2)N(CC2CC2)CC[C@]314. The van der Waals surface area contributed by atoms with Gasteiger partial charge < -0.3 is 19.3 Å². The van der Waals surface area contributed by atoms with Gasteiger partial charge in [-0.1, -0.05) is 64.4 Å². The van der Waals surface area contributed by atoms with Crippen LogP contribution >= 0.6 is 0 Å². The second kappa shape index (κ2) is 11.0. The van der Waals surface area contributed by atoms with Gasteiger partial charge in [0.05, 0.1) is 17.6 Å². The normalized spacial score (nSPS) is 30.6. The predicted molar refractivity (Wildman–Crippen MR) is 147 cm³/mol. The van der Waals surface area contributed by atoms with Crippen molar-refractivity contribution in [3.63, 3.8) is 0 Å². The number of carbonyl (C=O) groups excluding carboxylic acids is 2. The molecule has 6 rings (SSSR count). The minimum Gasteiger partial charge on any atom is -0.477 e. The Balaban J connectivity index is 1.11. The zero-order valence-corrected chi connectivity index (χ0v) is 23.6. The van der Waals surface area contributed by atoms with Crippen molar-refractivity contribution < 1.29 is 28.9 Å². The lowest BCUT2D eigenvalue weighted by Crippen LogP contribution is -2.76. The number of ether oxygens (including phenoxy) is 3. The summed E-state index contributed by atoms with van der Waals surface area (Å²) in [6, 6.07) is 3.76. The van der Waals surface area contributed by atoms with Gasteiger partial charge in [-0.2, -0.15) is 0 Å². The molecule has 39 heavy (non-hydrogen) atoms. The molecular formula is C32H45NO6. The van der Waals surface area contributed by atoms with E-state index in [0.717, 1.165) is 55.8 Å². The van der Waals surface area contributed by atoms with Crippen LogP contribution in [0.2, 0.25) is 0 Å². The molecule has 2 heterocycles. The maximum atomic E-state index is 13.2. The highest BCUT2D eigenvalue weighted by Crippen LogP contribution is 2.65. The van der Waals surface area contributed by atoms with E-state index in [0.29, 0.717) is 37.4 Å². The Morgan fingerprint density at radius 3 is 2.56 bits per heavy atom. The summed E-state index contributed by atoms with van der Waals surface area (Å²) in [4.78, 5) is 28.3. The lowest BCUT2D eigenvalue weighted by Gasteiger charge is -2.62. The molecule has 3 aliphatic carbocycles. The minimum absolute atomic E-state index is 0.0161. The van der Waals surface area contributed by atoms with E-state index in [4.69, 9.17) is 14.2 Å². The van der Waals surface area contributed by atoms with Crippen molar-refractivity contribution in [1.82, 2.24) is 4.90 Å². The molecule has 1 aromatic carbocycles. The summed E-state index contributed by atoms with van der Waals surface area (Å²) < 4.78 is 17.4. The van der Waals surface area contributed by atoms with E-state index in [-0.39, 0.29) is 11.8 Å². The number of rotatable bonds is 13. The molecule has 0 amide bonds. The minimum atomic E-state index is -1.02. The molecule has 5 aliphatic rings. The van der Waals surface area contributed by atoms with Crippen LogP contribution in [0.25, 0.3) is 0 Å². The third-order valence-corrected chi connectivity index (χ3v) is 10.2. The lowest BCUT2D eigenvalue weighted by atomic mass is 9.49. The largest absolute Gasteiger partial charge is 0.513 e. The van der Waals surface area contributed by atoms with Crippen LogP contribution in [0.1, 0.15) is 108 Å². The third kappa shape index (κ3) is 4.77. The monoisotopic (exact) mass is 539 g/mol. The van der Waals surface area contributed by atoms with Gasteiger partial charge in [-0.3, -0.25) is 9.69 Å². The number of hydrogen-bond donors (Lipinski definition) is 1. The van der Waals surface area contributed by atoms with Gasteiger partial charge in [-0.15, -0.1) is 0 Å². The zero-order chi connectivity index (χ0) is 27.0. The highest BCUT2D eigenvalue weighted by Gasteiger charge is 2.73. The summed E-state index contributed by atoms with van der Waals surface area (Å²) in [6.45, 7) is 4.44. The first kappa shape index (κ1) is 27.1. The van der Waals surface area contributed by atoms with E-state index in [9.17, 15) is 14.7 Å². The molecule has 1 spiro atoms. The quantitative estimate of drug-likeness (QED) is 0.191. The number of nitrogens with zero attached hydrogens (tertiary/aromatic N) is 1. The molecule has 3 fully saturated rings. The Morgan fingerprint density at radius 2 is 1.82 bits per heavy atom. The van der Waals surface area contributed by atoms with E-state index >= 15 is 0 Å². The van der Waals surface area contributed by atoms with Crippen LogP contribution in [-0.2, 0) is 21.4 Å². The van der Waals surface area contributed by atoms with E-state index in [1.807, 2.05) is 6.07 Å². The van der Waals surface area contributed by atoms with Crippen LogP contribution in [0.15, 0.2) is 12.1 Å². The van der Waals surface area contributed by atoms with Crippen LogP contribution in [0.4, 0.5) is 4.79 Å². The van der Waals surface area contributed by atoms with Crippen molar-refractivity contribution in [3.05, 3.63) is 23.3 Å². The summed E-state index contributed by atoms with van der Waals surface area (Å²) in [7, 11) is 0. The first-order valence-electron chi connectivity index (χ1n) is 15.6. The molecule has 1 unspecified atom stereocenters. The average Bonchev–Trinajstić information content (AvgIpc) is 3.66. The van der Waals surface area contributed by atoms with Gasteiger partial charge in [0.15, 0.2) is 23.4 Å². The Kier molecular flexibility index (Phi) is 7.66. The van der Waals surface area contributed by atoms with Crippen molar-refractivity contribution in [2.75, 3.05) is 19.7 Å². The summed E-state index contributed by atoms with van der Waals surface area (Å²) in [5, 5.41) is 12.4. The van der Waals surface area contributed by atoms with Gasteiger partial charge in [0.2, 0.25) is 0 Å². The molecule has 2 aliphatic heterocycles. The van der Waals surface area contributed by atoms with E-state index in [2.05, 4.69) is 11.8 Å². The number of piperidine rings is 1. The van der Waals surface area contributed by atoms with Crippen LogP contribution in [0, 0.1) is 5.92 Å². The number of aliphatic hydroxyl groups is 1. The van der Waals surface area contributed by atoms with Crippen molar-refractivity contribution >= 4 is 11.9 Å². The highest BCUT2D eigenvalue weighted by atomic mass is 16.7. The summed E-state index contributed by atoms with van der Waals surface area (Å²) in [6.07, 6.45) is 14.0. The van der Waals surface area contributed by atoms with Gasteiger partial charge in [0, 0.05) is 24.6 Å². The van der Waals surface area contributed by atoms with Crippen molar-refractivity contribution in [3.8, 4) is 11.5 Å². The number of hydrogen-bond acceptors (Lipinski definition) is 7. The molecule has 1 aromatic rings. The van der Waals surface area contributed by atoms with Crippen LogP contribution in [-0.4, -0.2) is 59.4 Å². The van der Waals surface area contributed by atoms with E-state index < -0.39 is 23.3 Å². The lowest BCUT2D eigenvalue weighted by molar-refractivity contribution is -0.188. The number of unbranched alkanes of at least 4 members (excludes halogenated alkanes) is 8.